The summed E-state index contributed by atoms with van der Waals surface area (Å²) in [5.41, 5.74) is 0. The summed E-state index contributed by atoms with van der Waals surface area (Å²) in [6.07, 6.45) is 0.473. The van der Waals surface area contributed by atoms with Gasteiger partial charge in [-0.05, 0) is 13.8 Å². The van der Waals surface area contributed by atoms with Gasteiger partial charge in [0.15, 0.2) is 0 Å². The van der Waals surface area contributed by atoms with Crippen LogP contribution >= 0.6 is 0 Å². The molecular weight excluding hydrogens is 168 g/mol. The molecule has 2 heterocycles. The number of aliphatic hydroxyl groups excluding tert-OH is 1. The Labute approximate surface area is 77.0 Å². The van der Waals surface area contributed by atoms with Crippen LogP contribution in [0.4, 0.5) is 0 Å². The van der Waals surface area contributed by atoms with Crippen LogP contribution in [0, 0.1) is 6.92 Å². The maximum absolute atomic E-state index is 9.40. The van der Waals surface area contributed by atoms with Gasteiger partial charge in [-0.3, -0.25) is 4.90 Å². The summed E-state index contributed by atoms with van der Waals surface area (Å²) >= 11 is 0. The standard InChI is InChI=1S/C8H14N4O/c1-6-9-10-8-3-4-11(7(2)13)5-12(6)8/h7,13H,3-5H2,1-2H3. The highest BCUT2D eigenvalue weighted by molar-refractivity contribution is 4.97. The second-order valence-corrected chi connectivity index (χ2v) is 3.43. The fourth-order valence-corrected chi connectivity index (χ4v) is 1.59. The first-order chi connectivity index (χ1) is 6.18. The third-order valence-corrected chi connectivity index (χ3v) is 2.49. The first kappa shape index (κ1) is 8.65. The molecule has 1 N–H and O–H groups in total. The van der Waals surface area contributed by atoms with Gasteiger partial charge in [-0.15, -0.1) is 10.2 Å². The molecule has 0 amide bonds. The monoisotopic (exact) mass is 182 g/mol. The van der Waals surface area contributed by atoms with Crippen molar-refractivity contribution in [2.24, 2.45) is 0 Å². The molecule has 13 heavy (non-hydrogen) atoms. The Hall–Kier alpha value is -0.940. The minimum atomic E-state index is -0.394. The lowest BCUT2D eigenvalue weighted by Gasteiger charge is -2.30. The molecular formula is C8H14N4O. The summed E-state index contributed by atoms with van der Waals surface area (Å²) in [4.78, 5) is 1.99. The molecule has 0 aliphatic carbocycles. The van der Waals surface area contributed by atoms with Crippen molar-refractivity contribution in [1.82, 2.24) is 19.7 Å². The van der Waals surface area contributed by atoms with E-state index in [0.29, 0.717) is 6.67 Å². The number of fused-ring (bicyclic) bond motifs is 1. The van der Waals surface area contributed by atoms with E-state index in [4.69, 9.17) is 0 Å². The van der Waals surface area contributed by atoms with E-state index in [9.17, 15) is 5.11 Å². The number of rotatable bonds is 1. The second-order valence-electron chi connectivity index (χ2n) is 3.43. The first-order valence-corrected chi connectivity index (χ1v) is 4.49. The van der Waals surface area contributed by atoms with Gasteiger partial charge in [-0.2, -0.15) is 0 Å². The van der Waals surface area contributed by atoms with Crippen molar-refractivity contribution in [3.8, 4) is 0 Å². The van der Waals surface area contributed by atoms with Gasteiger partial charge in [0.05, 0.1) is 6.67 Å². The maximum atomic E-state index is 9.40. The molecule has 5 nitrogen and oxygen atoms in total. The number of aliphatic hydroxyl groups is 1. The Balaban J connectivity index is 2.22. The molecule has 2 rings (SSSR count). The van der Waals surface area contributed by atoms with Crippen LogP contribution in [0.2, 0.25) is 0 Å². The van der Waals surface area contributed by atoms with E-state index in [2.05, 4.69) is 10.2 Å². The normalized spacial score (nSPS) is 19.9. The summed E-state index contributed by atoms with van der Waals surface area (Å²) in [7, 11) is 0. The van der Waals surface area contributed by atoms with Crippen LogP contribution < -0.4 is 0 Å². The molecule has 0 bridgehead atoms. The average molecular weight is 182 g/mol. The van der Waals surface area contributed by atoms with Crippen molar-refractivity contribution in [2.75, 3.05) is 6.54 Å². The highest BCUT2D eigenvalue weighted by Crippen LogP contribution is 2.12. The van der Waals surface area contributed by atoms with E-state index < -0.39 is 6.23 Å². The number of hydrogen-bond acceptors (Lipinski definition) is 4. The Bertz CT molecular complexity index is 307. The number of nitrogens with zero attached hydrogens (tertiary/aromatic N) is 4. The van der Waals surface area contributed by atoms with Gasteiger partial charge in [0, 0.05) is 13.0 Å². The number of aromatic nitrogens is 3. The maximum Gasteiger partial charge on any atom is 0.135 e. The van der Waals surface area contributed by atoms with E-state index in [1.807, 2.05) is 16.4 Å². The molecule has 0 fully saturated rings. The smallest absolute Gasteiger partial charge is 0.135 e. The van der Waals surface area contributed by atoms with Crippen LogP contribution in [-0.2, 0) is 13.1 Å². The van der Waals surface area contributed by atoms with Crippen LogP contribution in [-0.4, -0.2) is 37.5 Å². The van der Waals surface area contributed by atoms with E-state index in [0.717, 1.165) is 24.6 Å². The van der Waals surface area contributed by atoms with Gasteiger partial charge < -0.3 is 9.67 Å². The van der Waals surface area contributed by atoms with Gasteiger partial charge in [0.25, 0.3) is 0 Å². The van der Waals surface area contributed by atoms with Gasteiger partial charge in [0.1, 0.15) is 17.9 Å². The fraction of sp³-hybridized carbons (Fsp3) is 0.750. The molecule has 0 radical (unpaired) electrons. The predicted molar refractivity (Wildman–Crippen MR) is 46.8 cm³/mol. The van der Waals surface area contributed by atoms with E-state index >= 15 is 0 Å². The van der Waals surface area contributed by atoms with Gasteiger partial charge in [-0.25, -0.2) is 0 Å². The Morgan fingerprint density at radius 2 is 2.23 bits per heavy atom. The molecule has 5 heteroatoms. The van der Waals surface area contributed by atoms with Crippen LogP contribution in [0.3, 0.4) is 0 Å². The SMILES string of the molecule is Cc1nnc2n1CN(C(C)O)CC2. The second kappa shape index (κ2) is 3.08. The molecule has 0 saturated carbocycles. The van der Waals surface area contributed by atoms with Crippen LogP contribution in [0.5, 0.6) is 0 Å². The van der Waals surface area contributed by atoms with Crippen molar-refractivity contribution in [2.45, 2.75) is 33.2 Å². The lowest BCUT2D eigenvalue weighted by atomic mass is 10.3. The molecule has 1 atom stereocenters. The van der Waals surface area contributed by atoms with E-state index in [1.54, 1.807) is 6.92 Å². The van der Waals surface area contributed by atoms with Crippen molar-refractivity contribution in [3.63, 3.8) is 0 Å². The molecule has 0 aromatic carbocycles. The van der Waals surface area contributed by atoms with Crippen LogP contribution in [0.25, 0.3) is 0 Å². The van der Waals surface area contributed by atoms with Crippen molar-refractivity contribution >= 4 is 0 Å². The van der Waals surface area contributed by atoms with Gasteiger partial charge in [-0.1, -0.05) is 0 Å². The molecule has 72 valence electrons. The molecule has 0 spiro atoms. The van der Waals surface area contributed by atoms with Crippen molar-refractivity contribution in [3.05, 3.63) is 11.6 Å². The predicted octanol–water partition coefficient (Wildman–Crippen LogP) is -0.260. The van der Waals surface area contributed by atoms with Gasteiger partial charge in [0.2, 0.25) is 0 Å². The third kappa shape index (κ3) is 1.45. The van der Waals surface area contributed by atoms with Crippen LogP contribution in [0.15, 0.2) is 0 Å². The lowest BCUT2D eigenvalue weighted by Crippen LogP contribution is -2.40. The molecule has 1 unspecified atom stereocenters. The van der Waals surface area contributed by atoms with Crippen molar-refractivity contribution in [1.29, 1.82) is 0 Å². The molecule has 0 saturated heterocycles. The zero-order valence-corrected chi connectivity index (χ0v) is 7.93. The highest BCUT2D eigenvalue weighted by atomic mass is 16.3. The molecule has 1 aromatic heterocycles. The van der Waals surface area contributed by atoms with Crippen molar-refractivity contribution < 1.29 is 5.11 Å². The molecule has 1 aliphatic heterocycles. The molecule has 1 aliphatic rings. The topological polar surface area (TPSA) is 54.2 Å². The Morgan fingerprint density at radius 1 is 1.46 bits per heavy atom. The van der Waals surface area contributed by atoms with E-state index in [1.165, 1.54) is 0 Å². The first-order valence-electron chi connectivity index (χ1n) is 4.49. The third-order valence-electron chi connectivity index (χ3n) is 2.49. The van der Waals surface area contributed by atoms with Crippen LogP contribution in [0.1, 0.15) is 18.6 Å². The summed E-state index contributed by atoms with van der Waals surface area (Å²) in [5.74, 6) is 1.94. The summed E-state index contributed by atoms with van der Waals surface area (Å²) in [5, 5.41) is 17.5. The van der Waals surface area contributed by atoms with E-state index in [-0.39, 0.29) is 0 Å². The summed E-state index contributed by atoms with van der Waals surface area (Å²) in [6.45, 7) is 5.27. The summed E-state index contributed by atoms with van der Waals surface area (Å²) in [6, 6.07) is 0. The Kier molecular flexibility index (Phi) is 2.05. The lowest BCUT2D eigenvalue weighted by molar-refractivity contribution is -0.0114. The zero-order valence-electron chi connectivity index (χ0n) is 7.93. The average Bonchev–Trinajstić information content (AvgIpc) is 2.47. The highest BCUT2D eigenvalue weighted by Gasteiger charge is 2.21. The zero-order chi connectivity index (χ0) is 9.42. The van der Waals surface area contributed by atoms with Gasteiger partial charge >= 0.3 is 0 Å². The number of hydrogen-bond donors (Lipinski definition) is 1. The fourth-order valence-electron chi connectivity index (χ4n) is 1.59. The summed E-state index contributed by atoms with van der Waals surface area (Å²) < 4.78 is 2.04. The minimum Gasteiger partial charge on any atom is -0.379 e. The Morgan fingerprint density at radius 3 is 2.92 bits per heavy atom. The molecule has 1 aromatic rings. The largest absolute Gasteiger partial charge is 0.379 e. The quantitative estimate of drug-likeness (QED) is 0.650. The minimum absolute atomic E-state index is 0.394. The number of aryl methyl sites for hydroxylation is 1.